The zero-order valence-corrected chi connectivity index (χ0v) is 17.9. The van der Waals surface area contributed by atoms with E-state index in [2.05, 4.69) is 4.90 Å². The summed E-state index contributed by atoms with van der Waals surface area (Å²) in [6.07, 6.45) is 0. The zero-order chi connectivity index (χ0) is 22.3. The third-order valence-electron chi connectivity index (χ3n) is 5.73. The molecular formula is C22H21ClN4O4. The van der Waals surface area contributed by atoms with Crippen LogP contribution in [0.25, 0.3) is 5.57 Å². The molecule has 2 aliphatic rings. The third-order valence-corrected chi connectivity index (χ3v) is 6.14. The van der Waals surface area contributed by atoms with Crippen LogP contribution < -0.4 is 4.90 Å². The van der Waals surface area contributed by atoms with Crippen molar-refractivity contribution in [2.75, 3.05) is 38.1 Å². The highest BCUT2D eigenvalue weighted by Gasteiger charge is 2.43. The smallest absolute Gasteiger partial charge is 0.282 e. The molecule has 2 aromatic carbocycles. The minimum Gasteiger partial charge on any atom is -0.364 e. The monoisotopic (exact) mass is 440 g/mol. The average molecular weight is 441 g/mol. The van der Waals surface area contributed by atoms with E-state index in [9.17, 15) is 19.7 Å². The maximum atomic E-state index is 13.6. The predicted molar refractivity (Wildman–Crippen MR) is 118 cm³/mol. The molecule has 31 heavy (non-hydrogen) atoms. The summed E-state index contributed by atoms with van der Waals surface area (Å²) in [5.74, 6) is -0.869. The highest BCUT2D eigenvalue weighted by atomic mass is 35.5. The summed E-state index contributed by atoms with van der Waals surface area (Å²) in [5, 5.41) is 11.5. The molecule has 2 amide bonds. The first-order valence-electron chi connectivity index (χ1n) is 9.86. The first-order valence-corrected chi connectivity index (χ1v) is 10.2. The second kappa shape index (κ2) is 8.13. The van der Waals surface area contributed by atoms with Gasteiger partial charge in [0.2, 0.25) is 0 Å². The van der Waals surface area contributed by atoms with E-state index >= 15 is 0 Å². The van der Waals surface area contributed by atoms with Gasteiger partial charge in [-0.05, 0) is 49.4 Å². The molecule has 160 valence electrons. The van der Waals surface area contributed by atoms with E-state index in [1.807, 2.05) is 11.9 Å². The van der Waals surface area contributed by atoms with Crippen molar-refractivity contribution in [1.29, 1.82) is 0 Å². The molecule has 0 N–H and O–H groups in total. The van der Waals surface area contributed by atoms with Crippen molar-refractivity contribution in [2.45, 2.75) is 6.92 Å². The maximum Gasteiger partial charge on any atom is 0.282 e. The van der Waals surface area contributed by atoms with Crippen LogP contribution in [0.5, 0.6) is 0 Å². The van der Waals surface area contributed by atoms with Crippen molar-refractivity contribution >= 4 is 40.4 Å². The summed E-state index contributed by atoms with van der Waals surface area (Å²) >= 11 is 6.25. The Kier molecular flexibility index (Phi) is 5.51. The van der Waals surface area contributed by atoms with Crippen molar-refractivity contribution in [3.05, 3.63) is 74.4 Å². The molecule has 8 nitrogen and oxygen atoms in total. The van der Waals surface area contributed by atoms with Gasteiger partial charge in [-0.3, -0.25) is 19.7 Å². The molecule has 0 atom stereocenters. The number of halogens is 1. The van der Waals surface area contributed by atoms with Gasteiger partial charge in [-0.1, -0.05) is 17.7 Å². The Morgan fingerprint density at radius 3 is 2.23 bits per heavy atom. The highest BCUT2D eigenvalue weighted by molar-refractivity contribution is 6.46. The van der Waals surface area contributed by atoms with Gasteiger partial charge in [0.25, 0.3) is 17.5 Å². The average Bonchev–Trinajstić information content (AvgIpc) is 3.01. The van der Waals surface area contributed by atoms with Crippen LogP contribution in [-0.4, -0.2) is 59.8 Å². The Bertz CT molecular complexity index is 1100. The van der Waals surface area contributed by atoms with Crippen molar-refractivity contribution < 1.29 is 14.5 Å². The molecule has 1 saturated heterocycles. The topological polar surface area (TPSA) is 87.0 Å². The lowest BCUT2D eigenvalue weighted by Crippen LogP contribution is -2.46. The van der Waals surface area contributed by atoms with Crippen LogP contribution >= 0.6 is 11.6 Å². The van der Waals surface area contributed by atoms with Crippen LogP contribution in [0.1, 0.15) is 11.1 Å². The van der Waals surface area contributed by atoms with Gasteiger partial charge in [0.1, 0.15) is 5.70 Å². The number of hydrogen-bond donors (Lipinski definition) is 0. The Labute approximate surface area is 184 Å². The summed E-state index contributed by atoms with van der Waals surface area (Å²) < 4.78 is 0. The summed E-state index contributed by atoms with van der Waals surface area (Å²) in [7, 11) is 2.01. The Hall–Kier alpha value is -3.23. The van der Waals surface area contributed by atoms with Crippen molar-refractivity contribution in [1.82, 2.24) is 9.80 Å². The quantitative estimate of drug-likeness (QED) is 0.412. The van der Waals surface area contributed by atoms with Crippen LogP contribution in [0.3, 0.4) is 0 Å². The first-order chi connectivity index (χ1) is 14.8. The number of imide groups is 1. The van der Waals surface area contributed by atoms with Gasteiger partial charge in [-0.25, -0.2) is 4.90 Å². The first kappa shape index (κ1) is 21.0. The number of rotatable bonds is 4. The Balaban J connectivity index is 1.83. The van der Waals surface area contributed by atoms with Gasteiger partial charge in [-0.15, -0.1) is 0 Å². The standard InChI is InChI=1S/C22H21ClN4O4/c1-14-17(23)4-3-5-18(14)26-21(28)19(15-6-8-16(9-7-15)27(30)31)20(22(26)29)25-12-10-24(2)11-13-25/h3-9H,10-13H2,1-2H3. The van der Waals surface area contributed by atoms with E-state index in [1.165, 1.54) is 24.3 Å². The molecule has 0 saturated carbocycles. The van der Waals surface area contributed by atoms with Crippen LogP contribution in [0.2, 0.25) is 5.02 Å². The van der Waals surface area contributed by atoms with Gasteiger partial charge < -0.3 is 9.80 Å². The Morgan fingerprint density at radius 2 is 1.61 bits per heavy atom. The Morgan fingerprint density at radius 1 is 0.968 bits per heavy atom. The van der Waals surface area contributed by atoms with E-state index < -0.39 is 16.7 Å². The predicted octanol–water partition coefficient (Wildman–Crippen LogP) is 3.09. The number of amides is 2. The summed E-state index contributed by atoms with van der Waals surface area (Å²) in [6, 6.07) is 10.8. The molecule has 0 bridgehead atoms. The number of nitro benzene ring substituents is 1. The molecule has 2 heterocycles. The summed E-state index contributed by atoms with van der Waals surface area (Å²) in [5.41, 5.74) is 2.04. The minimum absolute atomic E-state index is 0.0789. The van der Waals surface area contributed by atoms with Crippen molar-refractivity contribution in [3.8, 4) is 0 Å². The lowest BCUT2D eigenvalue weighted by Gasteiger charge is -2.34. The van der Waals surface area contributed by atoms with Crippen LogP contribution in [-0.2, 0) is 9.59 Å². The van der Waals surface area contributed by atoms with Crippen LogP contribution in [0.15, 0.2) is 48.2 Å². The fraction of sp³-hybridized carbons (Fsp3) is 0.273. The molecule has 1 fully saturated rings. The van der Waals surface area contributed by atoms with Gasteiger partial charge in [0, 0.05) is 43.3 Å². The van der Waals surface area contributed by atoms with E-state index in [1.54, 1.807) is 25.1 Å². The number of carbonyl (C=O) groups is 2. The molecule has 2 aliphatic heterocycles. The summed E-state index contributed by atoms with van der Waals surface area (Å²) in [4.78, 5) is 42.9. The molecule has 0 radical (unpaired) electrons. The van der Waals surface area contributed by atoms with E-state index in [-0.39, 0.29) is 11.3 Å². The van der Waals surface area contributed by atoms with E-state index in [4.69, 9.17) is 11.6 Å². The molecular weight excluding hydrogens is 420 g/mol. The van der Waals surface area contributed by atoms with Crippen molar-refractivity contribution in [2.24, 2.45) is 0 Å². The molecule has 0 spiro atoms. The highest BCUT2D eigenvalue weighted by Crippen LogP contribution is 2.38. The zero-order valence-electron chi connectivity index (χ0n) is 17.2. The van der Waals surface area contributed by atoms with Gasteiger partial charge in [0.15, 0.2) is 0 Å². The lowest BCUT2D eigenvalue weighted by atomic mass is 10.0. The lowest BCUT2D eigenvalue weighted by molar-refractivity contribution is -0.384. The molecule has 9 heteroatoms. The van der Waals surface area contributed by atoms with Crippen LogP contribution in [0.4, 0.5) is 11.4 Å². The molecule has 4 rings (SSSR count). The molecule has 0 aromatic heterocycles. The summed E-state index contributed by atoms with van der Waals surface area (Å²) in [6.45, 7) is 4.48. The van der Waals surface area contributed by atoms with Gasteiger partial charge in [0.05, 0.1) is 16.2 Å². The van der Waals surface area contributed by atoms with E-state index in [0.29, 0.717) is 40.6 Å². The number of benzene rings is 2. The fourth-order valence-electron chi connectivity index (χ4n) is 3.91. The molecule has 0 unspecified atom stereocenters. The maximum absolute atomic E-state index is 13.6. The normalized spacial score (nSPS) is 17.6. The minimum atomic E-state index is -0.497. The number of non-ortho nitro benzene ring substituents is 1. The molecule has 0 aliphatic carbocycles. The van der Waals surface area contributed by atoms with E-state index in [0.717, 1.165) is 18.0 Å². The SMILES string of the molecule is Cc1c(Cl)cccc1N1C(=O)C(c2ccc([N+](=O)[O-])cc2)=C(N2CCN(C)CC2)C1=O. The largest absolute Gasteiger partial charge is 0.364 e. The number of likely N-dealkylation sites (N-methyl/N-ethyl adjacent to an activating group) is 1. The second-order valence-corrected chi connectivity index (χ2v) is 8.05. The molecule has 2 aromatic rings. The van der Waals surface area contributed by atoms with Gasteiger partial charge >= 0.3 is 0 Å². The number of carbonyl (C=O) groups excluding carboxylic acids is 2. The van der Waals surface area contributed by atoms with Crippen molar-refractivity contribution in [3.63, 3.8) is 0 Å². The number of nitrogens with zero attached hydrogens (tertiary/aromatic N) is 4. The third kappa shape index (κ3) is 3.68. The van der Waals surface area contributed by atoms with Gasteiger partial charge in [-0.2, -0.15) is 0 Å². The number of nitro groups is 1. The second-order valence-electron chi connectivity index (χ2n) is 7.65. The number of anilines is 1. The number of hydrogen-bond acceptors (Lipinski definition) is 6. The fourth-order valence-corrected chi connectivity index (χ4v) is 4.08. The number of piperazine rings is 1. The van der Waals surface area contributed by atoms with Crippen LogP contribution in [0, 0.1) is 17.0 Å².